The zero-order valence-corrected chi connectivity index (χ0v) is 9.08. The van der Waals surface area contributed by atoms with Crippen molar-refractivity contribution < 1.29 is 4.79 Å². The Hall–Kier alpha value is -1.47. The van der Waals surface area contributed by atoms with E-state index < -0.39 is 0 Å². The second-order valence-electron chi connectivity index (χ2n) is 4.84. The molecule has 78 valence electrons. The van der Waals surface area contributed by atoms with Gasteiger partial charge in [-0.1, -0.05) is 13.8 Å². The minimum absolute atomic E-state index is 0.332. The molecule has 0 fully saturated rings. The molecule has 1 aliphatic rings. The summed E-state index contributed by atoms with van der Waals surface area (Å²) < 4.78 is 0. The molecule has 0 aliphatic heterocycles. The molecule has 0 aromatic carbocycles. The van der Waals surface area contributed by atoms with E-state index in [1.165, 1.54) is 11.1 Å². The average Bonchev–Trinajstić information content (AvgIpc) is 2.16. The molecule has 2 rings (SSSR count). The van der Waals surface area contributed by atoms with E-state index in [9.17, 15) is 4.79 Å². The lowest BCUT2D eigenvalue weighted by molar-refractivity contribution is 0.315. The number of nitrogens with zero attached hydrogens (tertiary/aromatic N) is 2. The normalized spacial score (nSPS) is 17.7. The van der Waals surface area contributed by atoms with E-state index in [2.05, 4.69) is 23.8 Å². The zero-order chi connectivity index (χ0) is 10.9. The summed E-state index contributed by atoms with van der Waals surface area (Å²) in [6.07, 6.45) is 8.24. The van der Waals surface area contributed by atoms with Gasteiger partial charge in [-0.25, -0.2) is 4.79 Å². The molecule has 0 saturated heterocycles. The largest absolute Gasteiger partial charge is 0.262 e. The van der Waals surface area contributed by atoms with Crippen molar-refractivity contribution in [2.45, 2.75) is 33.1 Å². The third-order valence-corrected chi connectivity index (χ3v) is 3.01. The predicted molar refractivity (Wildman–Crippen MR) is 57.8 cm³/mol. The van der Waals surface area contributed by atoms with Crippen LogP contribution in [0, 0.1) is 5.41 Å². The maximum atomic E-state index is 10.3. The summed E-state index contributed by atoms with van der Waals surface area (Å²) in [6.45, 7) is 4.51. The summed E-state index contributed by atoms with van der Waals surface area (Å²) in [4.78, 5) is 18.1. The summed E-state index contributed by atoms with van der Waals surface area (Å²) in [6, 6.07) is 0. The van der Waals surface area contributed by atoms with Crippen LogP contribution in [0.25, 0.3) is 0 Å². The van der Waals surface area contributed by atoms with Crippen molar-refractivity contribution in [1.82, 2.24) is 4.98 Å². The molecule has 0 saturated carbocycles. The highest BCUT2D eigenvalue weighted by Gasteiger charge is 2.26. The van der Waals surface area contributed by atoms with Crippen molar-refractivity contribution in [2.75, 3.05) is 0 Å². The van der Waals surface area contributed by atoms with Gasteiger partial charge < -0.3 is 0 Å². The Bertz CT molecular complexity index is 431. The van der Waals surface area contributed by atoms with Crippen LogP contribution in [-0.4, -0.2) is 11.1 Å². The first kappa shape index (κ1) is 10.1. The summed E-state index contributed by atoms with van der Waals surface area (Å²) in [5, 5.41) is 0. The molecule has 3 heteroatoms. The molecule has 1 aliphatic carbocycles. The van der Waals surface area contributed by atoms with Crippen molar-refractivity contribution in [3.63, 3.8) is 0 Å². The van der Waals surface area contributed by atoms with E-state index in [1.54, 1.807) is 12.3 Å². The van der Waals surface area contributed by atoms with Crippen molar-refractivity contribution >= 4 is 11.8 Å². The van der Waals surface area contributed by atoms with Gasteiger partial charge in [0.15, 0.2) is 0 Å². The summed E-state index contributed by atoms with van der Waals surface area (Å²) in [7, 11) is 0. The quantitative estimate of drug-likeness (QED) is 0.519. The van der Waals surface area contributed by atoms with Crippen molar-refractivity contribution in [2.24, 2.45) is 10.4 Å². The van der Waals surface area contributed by atoms with E-state index in [0.29, 0.717) is 11.1 Å². The maximum absolute atomic E-state index is 10.3. The van der Waals surface area contributed by atoms with Gasteiger partial charge in [0.25, 0.3) is 0 Å². The molecule has 0 bridgehead atoms. The first-order valence-electron chi connectivity index (χ1n) is 5.16. The maximum Gasteiger partial charge on any atom is 0.240 e. The molecule has 3 nitrogen and oxygen atoms in total. The average molecular weight is 202 g/mol. The SMILES string of the molecule is CC1(C)CCc2c(cncc2N=C=O)C1. The predicted octanol–water partition coefficient (Wildman–Crippen LogP) is 2.56. The molecule has 0 atom stereocenters. The lowest BCUT2D eigenvalue weighted by atomic mass is 9.75. The molecule has 0 N–H and O–H groups in total. The van der Waals surface area contributed by atoms with E-state index in [-0.39, 0.29) is 0 Å². The number of hydrogen-bond donors (Lipinski definition) is 0. The van der Waals surface area contributed by atoms with E-state index >= 15 is 0 Å². The van der Waals surface area contributed by atoms with Crippen LogP contribution < -0.4 is 0 Å². The van der Waals surface area contributed by atoms with Gasteiger partial charge in [-0.2, -0.15) is 4.99 Å². The summed E-state index contributed by atoms with van der Waals surface area (Å²) in [5.74, 6) is 0. The first-order chi connectivity index (χ1) is 7.12. The van der Waals surface area contributed by atoms with Crippen LogP contribution in [0.1, 0.15) is 31.4 Å². The van der Waals surface area contributed by atoms with Crippen LogP contribution in [-0.2, 0) is 17.6 Å². The van der Waals surface area contributed by atoms with Crippen LogP contribution in [0.15, 0.2) is 17.4 Å². The number of rotatable bonds is 1. The van der Waals surface area contributed by atoms with E-state index in [4.69, 9.17) is 0 Å². The van der Waals surface area contributed by atoms with Crippen LogP contribution in [0.3, 0.4) is 0 Å². The van der Waals surface area contributed by atoms with Crippen LogP contribution in [0.2, 0.25) is 0 Å². The second kappa shape index (κ2) is 3.59. The highest BCUT2D eigenvalue weighted by atomic mass is 16.1. The van der Waals surface area contributed by atoms with Crippen LogP contribution in [0.4, 0.5) is 5.69 Å². The van der Waals surface area contributed by atoms with Crippen molar-refractivity contribution in [3.05, 3.63) is 23.5 Å². The fraction of sp³-hybridized carbons (Fsp3) is 0.500. The monoisotopic (exact) mass is 202 g/mol. The Morgan fingerprint density at radius 1 is 1.47 bits per heavy atom. The fourth-order valence-electron chi connectivity index (χ4n) is 2.17. The number of aliphatic imine (C=N–C) groups is 1. The molecule has 1 aromatic heterocycles. The first-order valence-corrected chi connectivity index (χ1v) is 5.16. The van der Waals surface area contributed by atoms with Gasteiger partial charge >= 0.3 is 0 Å². The fourth-order valence-corrected chi connectivity index (χ4v) is 2.17. The Morgan fingerprint density at radius 3 is 3.00 bits per heavy atom. The third-order valence-electron chi connectivity index (χ3n) is 3.01. The van der Waals surface area contributed by atoms with Gasteiger partial charge in [0.05, 0.1) is 11.9 Å². The molecule has 1 heterocycles. The lowest BCUT2D eigenvalue weighted by Crippen LogP contribution is -2.22. The molecule has 0 spiro atoms. The number of fused-ring (bicyclic) bond motifs is 1. The third kappa shape index (κ3) is 1.97. The molecule has 0 unspecified atom stereocenters. The van der Waals surface area contributed by atoms with Gasteiger partial charge in [-0.05, 0) is 35.8 Å². The number of carbonyl (C=O) groups excluding carboxylic acids is 1. The number of pyridine rings is 1. The molecular weight excluding hydrogens is 188 g/mol. The van der Waals surface area contributed by atoms with E-state index in [0.717, 1.165) is 19.3 Å². The highest BCUT2D eigenvalue weighted by molar-refractivity contribution is 5.55. The highest BCUT2D eigenvalue weighted by Crippen LogP contribution is 2.37. The Labute approximate surface area is 89.3 Å². The lowest BCUT2D eigenvalue weighted by Gasteiger charge is -2.31. The van der Waals surface area contributed by atoms with Crippen molar-refractivity contribution in [3.8, 4) is 0 Å². The zero-order valence-electron chi connectivity index (χ0n) is 9.08. The van der Waals surface area contributed by atoms with Gasteiger partial charge in [0.2, 0.25) is 6.08 Å². The number of aromatic nitrogens is 1. The van der Waals surface area contributed by atoms with Crippen LogP contribution in [0.5, 0.6) is 0 Å². The minimum atomic E-state index is 0.332. The van der Waals surface area contributed by atoms with Crippen LogP contribution >= 0.6 is 0 Å². The van der Waals surface area contributed by atoms with Crippen molar-refractivity contribution in [1.29, 1.82) is 0 Å². The summed E-state index contributed by atoms with van der Waals surface area (Å²) in [5.41, 5.74) is 3.42. The minimum Gasteiger partial charge on any atom is -0.262 e. The smallest absolute Gasteiger partial charge is 0.240 e. The molecule has 1 aromatic rings. The molecule has 15 heavy (non-hydrogen) atoms. The number of isocyanates is 1. The second-order valence-corrected chi connectivity index (χ2v) is 4.84. The molecular formula is C12H14N2O. The Kier molecular flexibility index (Phi) is 2.41. The van der Waals surface area contributed by atoms with Gasteiger partial charge in [0, 0.05) is 6.20 Å². The number of hydrogen-bond acceptors (Lipinski definition) is 3. The van der Waals surface area contributed by atoms with Gasteiger partial charge in [0.1, 0.15) is 0 Å². The standard InChI is InChI=1S/C12H14N2O/c1-12(2)4-3-10-9(5-12)6-13-7-11(10)14-8-15/h6-7H,3-5H2,1-2H3. The van der Waals surface area contributed by atoms with Gasteiger partial charge in [-0.15, -0.1) is 0 Å². The summed E-state index contributed by atoms with van der Waals surface area (Å²) >= 11 is 0. The Balaban J connectivity index is 2.46. The molecule has 0 radical (unpaired) electrons. The molecule has 0 amide bonds. The Morgan fingerprint density at radius 2 is 2.27 bits per heavy atom. The van der Waals surface area contributed by atoms with E-state index in [1.807, 2.05) is 6.20 Å². The van der Waals surface area contributed by atoms with Gasteiger partial charge in [-0.3, -0.25) is 4.98 Å². The topological polar surface area (TPSA) is 42.3 Å².